The van der Waals surface area contributed by atoms with Gasteiger partial charge in [-0.1, -0.05) is 30.3 Å². The van der Waals surface area contributed by atoms with Gasteiger partial charge in [0.2, 0.25) is 0 Å². The minimum absolute atomic E-state index is 0.375. The summed E-state index contributed by atoms with van der Waals surface area (Å²) in [5, 5.41) is 9.98. The molecule has 1 aliphatic rings. The highest BCUT2D eigenvalue weighted by molar-refractivity contribution is 5.62. The van der Waals surface area contributed by atoms with E-state index >= 15 is 0 Å². The summed E-state index contributed by atoms with van der Waals surface area (Å²) in [5.41, 5.74) is 3.08. The maximum atomic E-state index is 9.98. The Bertz CT molecular complexity index is 682. The molecule has 3 rings (SSSR count). The van der Waals surface area contributed by atoms with Crippen molar-refractivity contribution in [1.82, 2.24) is 9.55 Å². The lowest BCUT2D eigenvalue weighted by Crippen LogP contribution is -2.20. The normalized spacial score (nSPS) is 17.4. The minimum Gasteiger partial charge on any atom is -0.390 e. The fraction of sp³-hybridized carbons (Fsp3) is 0.591. The van der Waals surface area contributed by atoms with Crippen molar-refractivity contribution in [3.8, 4) is 11.3 Å². The first-order valence-electron chi connectivity index (χ1n) is 9.88. The van der Waals surface area contributed by atoms with Gasteiger partial charge in [0, 0.05) is 36.4 Å². The maximum Gasteiger partial charge on any atom is 0.0958 e. The molecule has 0 unspecified atom stereocenters. The van der Waals surface area contributed by atoms with Crippen molar-refractivity contribution in [1.29, 1.82) is 0 Å². The molecule has 1 aromatic carbocycles. The number of rotatable bonds is 7. The molecule has 1 aromatic heterocycles. The van der Waals surface area contributed by atoms with Crippen molar-refractivity contribution >= 4 is 0 Å². The summed E-state index contributed by atoms with van der Waals surface area (Å²) in [6, 6.07) is 10.9. The van der Waals surface area contributed by atoms with Gasteiger partial charge < -0.3 is 14.4 Å². The van der Waals surface area contributed by atoms with Gasteiger partial charge in [-0.3, -0.25) is 0 Å². The van der Waals surface area contributed by atoms with Gasteiger partial charge >= 0.3 is 0 Å². The summed E-state index contributed by atoms with van der Waals surface area (Å²) < 4.78 is 7.97. The number of benzene rings is 1. The molecular weight excluding hydrogens is 324 g/mol. The Morgan fingerprint density at radius 3 is 2.58 bits per heavy atom. The van der Waals surface area contributed by atoms with Crippen molar-refractivity contribution in [2.45, 2.75) is 70.4 Å². The van der Waals surface area contributed by atoms with E-state index in [2.05, 4.69) is 35.8 Å². The molecule has 2 heterocycles. The van der Waals surface area contributed by atoms with Gasteiger partial charge in [0.25, 0.3) is 0 Å². The van der Waals surface area contributed by atoms with Crippen molar-refractivity contribution < 1.29 is 9.84 Å². The van der Waals surface area contributed by atoms with Crippen LogP contribution in [-0.4, -0.2) is 33.5 Å². The van der Waals surface area contributed by atoms with Crippen LogP contribution in [0.25, 0.3) is 11.3 Å². The lowest BCUT2D eigenvalue weighted by molar-refractivity contribution is 0.0669. The van der Waals surface area contributed by atoms with Gasteiger partial charge in [-0.2, -0.15) is 0 Å². The van der Waals surface area contributed by atoms with Crippen LogP contribution in [-0.2, 0) is 4.74 Å². The molecule has 1 aliphatic heterocycles. The van der Waals surface area contributed by atoms with Crippen LogP contribution >= 0.6 is 0 Å². The fourth-order valence-electron chi connectivity index (χ4n) is 3.88. The van der Waals surface area contributed by atoms with E-state index in [4.69, 9.17) is 9.72 Å². The van der Waals surface area contributed by atoms with E-state index in [1.807, 2.05) is 26.2 Å². The van der Waals surface area contributed by atoms with Gasteiger partial charge in [0.1, 0.15) is 0 Å². The molecule has 1 atom stereocenters. The molecular formula is C22H32N2O2. The van der Waals surface area contributed by atoms with Crippen LogP contribution in [0.15, 0.2) is 36.7 Å². The Balaban J connectivity index is 1.86. The zero-order valence-electron chi connectivity index (χ0n) is 16.3. The number of aromatic nitrogens is 2. The summed E-state index contributed by atoms with van der Waals surface area (Å²) in [5.74, 6) is 0.498. The third kappa shape index (κ3) is 4.74. The van der Waals surface area contributed by atoms with E-state index in [9.17, 15) is 5.11 Å². The number of hydrogen-bond acceptors (Lipinski definition) is 3. The summed E-state index contributed by atoms with van der Waals surface area (Å²) >= 11 is 0. The van der Waals surface area contributed by atoms with E-state index in [-0.39, 0.29) is 0 Å². The van der Waals surface area contributed by atoms with Gasteiger partial charge in [-0.15, -0.1) is 0 Å². The molecule has 0 amide bonds. The van der Waals surface area contributed by atoms with E-state index in [1.54, 1.807) is 0 Å². The van der Waals surface area contributed by atoms with Gasteiger partial charge in [-0.05, 0) is 52.9 Å². The van der Waals surface area contributed by atoms with E-state index in [1.165, 1.54) is 11.3 Å². The van der Waals surface area contributed by atoms with E-state index in [0.29, 0.717) is 12.0 Å². The maximum absolute atomic E-state index is 9.98. The molecule has 26 heavy (non-hydrogen) atoms. The first kappa shape index (κ1) is 19.1. The molecule has 142 valence electrons. The number of aliphatic hydroxyl groups is 1. The number of ether oxygens (including phenoxy) is 1. The molecule has 0 bridgehead atoms. The molecule has 4 heteroatoms. The number of imidazole rings is 1. The SMILES string of the molecule is C[C@@H](CCCC(C)(C)O)n1cnc(-c2ccccc2)c1C1CCOCC1. The quantitative estimate of drug-likeness (QED) is 0.764. The molecule has 0 aliphatic carbocycles. The van der Waals surface area contributed by atoms with Crippen molar-refractivity contribution in [2.24, 2.45) is 0 Å². The predicted molar refractivity (Wildman–Crippen MR) is 105 cm³/mol. The average molecular weight is 357 g/mol. The topological polar surface area (TPSA) is 47.3 Å². The molecule has 1 N–H and O–H groups in total. The van der Waals surface area contributed by atoms with E-state index in [0.717, 1.165) is 51.0 Å². The van der Waals surface area contributed by atoms with Crippen LogP contribution in [0.1, 0.15) is 70.5 Å². The largest absolute Gasteiger partial charge is 0.390 e. The predicted octanol–water partition coefficient (Wildman–Crippen LogP) is 4.95. The molecule has 0 spiro atoms. The van der Waals surface area contributed by atoms with Crippen molar-refractivity contribution in [3.05, 3.63) is 42.4 Å². The minimum atomic E-state index is -0.590. The molecule has 0 radical (unpaired) electrons. The van der Waals surface area contributed by atoms with Crippen LogP contribution in [0.3, 0.4) is 0 Å². The van der Waals surface area contributed by atoms with Crippen molar-refractivity contribution in [2.75, 3.05) is 13.2 Å². The second kappa shape index (κ2) is 8.36. The Morgan fingerprint density at radius 2 is 1.92 bits per heavy atom. The summed E-state index contributed by atoms with van der Waals surface area (Å²) in [6.45, 7) is 7.70. The van der Waals surface area contributed by atoms with E-state index < -0.39 is 5.60 Å². The molecule has 1 fully saturated rings. The lowest BCUT2D eigenvalue weighted by Gasteiger charge is -2.27. The third-order valence-corrected chi connectivity index (χ3v) is 5.37. The monoisotopic (exact) mass is 356 g/mol. The summed E-state index contributed by atoms with van der Waals surface area (Å²) in [7, 11) is 0. The van der Waals surface area contributed by atoms with Gasteiger partial charge in [0.15, 0.2) is 0 Å². The lowest BCUT2D eigenvalue weighted by atomic mass is 9.92. The standard InChI is InChI=1S/C22H32N2O2/c1-17(8-7-13-22(2,3)25)24-16-23-20(18-9-5-4-6-10-18)21(24)19-11-14-26-15-12-19/h4-6,9-10,16-17,19,25H,7-8,11-15H2,1-3H3/t17-/m0/s1. The van der Waals surface area contributed by atoms with Crippen molar-refractivity contribution in [3.63, 3.8) is 0 Å². The van der Waals surface area contributed by atoms with Crippen LogP contribution in [0.4, 0.5) is 0 Å². The molecule has 4 nitrogen and oxygen atoms in total. The zero-order valence-corrected chi connectivity index (χ0v) is 16.3. The van der Waals surface area contributed by atoms with Crippen LogP contribution in [0, 0.1) is 0 Å². The Kier molecular flexibility index (Phi) is 6.15. The number of nitrogens with zero attached hydrogens (tertiary/aromatic N) is 2. The number of hydrogen-bond donors (Lipinski definition) is 1. The van der Waals surface area contributed by atoms with Gasteiger partial charge in [0.05, 0.1) is 17.6 Å². The second-order valence-corrected chi connectivity index (χ2v) is 8.19. The Hall–Kier alpha value is -1.65. The Morgan fingerprint density at radius 1 is 1.23 bits per heavy atom. The van der Waals surface area contributed by atoms with Crippen LogP contribution in [0.2, 0.25) is 0 Å². The Labute approximate surface area is 157 Å². The zero-order chi connectivity index (χ0) is 18.6. The average Bonchev–Trinajstić information content (AvgIpc) is 3.07. The van der Waals surface area contributed by atoms with Crippen LogP contribution in [0.5, 0.6) is 0 Å². The highest BCUT2D eigenvalue weighted by Crippen LogP contribution is 2.36. The highest BCUT2D eigenvalue weighted by Gasteiger charge is 2.26. The molecule has 2 aromatic rings. The van der Waals surface area contributed by atoms with Crippen LogP contribution < -0.4 is 0 Å². The third-order valence-electron chi connectivity index (χ3n) is 5.37. The summed E-state index contributed by atoms with van der Waals surface area (Å²) in [4.78, 5) is 4.81. The first-order chi connectivity index (χ1) is 12.5. The van der Waals surface area contributed by atoms with Gasteiger partial charge in [-0.25, -0.2) is 4.98 Å². The smallest absolute Gasteiger partial charge is 0.0958 e. The fourth-order valence-corrected chi connectivity index (χ4v) is 3.88. The summed E-state index contributed by atoms with van der Waals surface area (Å²) in [6.07, 6.45) is 7.01. The molecule has 1 saturated heterocycles. The molecule has 0 saturated carbocycles. The highest BCUT2D eigenvalue weighted by atomic mass is 16.5. The second-order valence-electron chi connectivity index (χ2n) is 8.19. The first-order valence-corrected chi connectivity index (χ1v) is 9.88.